The molecule has 3 amide bonds. The summed E-state index contributed by atoms with van der Waals surface area (Å²) in [5.41, 5.74) is -0.560. The Kier molecular flexibility index (Phi) is 7.27. The number of benzene rings is 1. The first-order valence-corrected chi connectivity index (χ1v) is 13.4. The second-order valence-electron chi connectivity index (χ2n) is 10.5. The summed E-state index contributed by atoms with van der Waals surface area (Å²) in [4.78, 5) is 42.7. The molecule has 5 rings (SSSR count). The smallest absolute Gasteiger partial charge is 0.246 e. The van der Waals surface area contributed by atoms with Gasteiger partial charge in [-0.15, -0.1) is 0 Å². The van der Waals surface area contributed by atoms with E-state index in [1.54, 1.807) is 36.3 Å². The minimum absolute atomic E-state index is 0.0671. The van der Waals surface area contributed by atoms with E-state index in [1.807, 2.05) is 19.1 Å². The average molecular weight is 512 g/mol. The number of carbonyl (C=O) groups is 3. The number of hydrogen-bond donors (Lipinski definition) is 2. The Bertz CT molecular complexity index is 1060. The molecule has 2 bridgehead atoms. The van der Waals surface area contributed by atoms with Crippen molar-refractivity contribution in [3.63, 3.8) is 0 Å². The normalized spacial score (nSPS) is 33.9. The number of anilines is 1. The van der Waals surface area contributed by atoms with Gasteiger partial charge < -0.3 is 29.7 Å². The monoisotopic (exact) mass is 511 g/mol. The number of hydrogen-bond acceptors (Lipinski definition) is 6. The van der Waals surface area contributed by atoms with E-state index in [1.165, 1.54) is 6.42 Å². The van der Waals surface area contributed by atoms with Crippen LogP contribution in [-0.2, 0) is 23.9 Å². The molecule has 4 aliphatic rings. The Morgan fingerprint density at radius 1 is 1.16 bits per heavy atom. The molecule has 1 spiro atoms. The molecule has 1 aliphatic carbocycles. The summed E-state index contributed by atoms with van der Waals surface area (Å²) < 4.78 is 17.1. The zero-order valence-corrected chi connectivity index (χ0v) is 21.8. The molecule has 1 aromatic carbocycles. The highest BCUT2D eigenvalue weighted by molar-refractivity contribution is 6.02. The molecular weight excluding hydrogens is 474 g/mol. The second kappa shape index (κ2) is 10.5. The Labute approximate surface area is 217 Å². The van der Waals surface area contributed by atoms with E-state index in [2.05, 4.69) is 17.6 Å². The van der Waals surface area contributed by atoms with Crippen molar-refractivity contribution >= 4 is 23.4 Å². The summed E-state index contributed by atoms with van der Waals surface area (Å²) >= 11 is 0. The number of fused-ring (bicyclic) bond motifs is 1. The van der Waals surface area contributed by atoms with Crippen LogP contribution in [-0.4, -0.2) is 73.3 Å². The van der Waals surface area contributed by atoms with Gasteiger partial charge in [-0.05, 0) is 49.9 Å². The van der Waals surface area contributed by atoms with Gasteiger partial charge in [0.15, 0.2) is 0 Å². The van der Waals surface area contributed by atoms with Crippen molar-refractivity contribution < 1.29 is 28.6 Å². The Balaban J connectivity index is 1.39. The summed E-state index contributed by atoms with van der Waals surface area (Å²) in [6.45, 7) is 5.16. The molecule has 3 heterocycles. The molecule has 9 nitrogen and oxygen atoms in total. The number of ether oxygens (including phenoxy) is 3. The third-order valence-electron chi connectivity index (χ3n) is 8.33. The van der Waals surface area contributed by atoms with Crippen molar-refractivity contribution in [3.8, 4) is 5.75 Å². The number of carbonyl (C=O) groups excluding carboxylic acids is 3. The lowest BCUT2D eigenvalue weighted by Crippen LogP contribution is -2.57. The molecule has 0 unspecified atom stereocenters. The van der Waals surface area contributed by atoms with Crippen LogP contribution in [0.5, 0.6) is 5.75 Å². The van der Waals surface area contributed by atoms with Gasteiger partial charge in [0.1, 0.15) is 17.4 Å². The average Bonchev–Trinajstić information content (AvgIpc) is 3.53. The minimum atomic E-state index is -1.17. The number of nitrogens with zero attached hydrogens (tertiary/aromatic N) is 1. The number of methoxy groups -OCH3 is 1. The van der Waals surface area contributed by atoms with Crippen LogP contribution in [0.4, 0.5) is 5.69 Å². The summed E-state index contributed by atoms with van der Waals surface area (Å²) in [6.07, 6.45) is 7.34. The highest BCUT2D eigenvalue weighted by atomic mass is 16.5. The molecule has 3 fully saturated rings. The summed E-state index contributed by atoms with van der Waals surface area (Å²) in [5.74, 6) is -1.18. The summed E-state index contributed by atoms with van der Waals surface area (Å²) in [7, 11) is 1.56. The summed E-state index contributed by atoms with van der Waals surface area (Å²) in [5, 5.41) is 6.16. The van der Waals surface area contributed by atoms with Gasteiger partial charge >= 0.3 is 0 Å². The lowest BCUT2D eigenvalue weighted by atomic mass is 9.74. The topological polar surface area (TPSA) is 106 Å². The van der Waals surface area contributed by atoms with Crippen molar-refractivity contribution in [1.82, 2.24) is 10.2 Å². The molecule has 3 aliphatic heterocycles. The maximum absolute atomic E-state index is 13.8. The lowest BCUT2D eigenvalue weighted by molar-refractivity contribution is -0.142. The zero-order valence-electron chi connectivity index (χ0n) is 21.8. The predicted molar refractivity (Wildman–Crippen MR) is 137 cm³/mol. The van der Waals surface area contributed by atoms with Gasteiger partial charge in [-0.3, -0.25) is 14.4 Å². The molecule has 37 heavy (non-hydrogen) atoms. The standard InChI is InChI=1S/C28H37N3O6/c1-4-36-19-11-9-18(10-12-19)29-25(32)22-21-13-14-28(37-21)23(22)27(34)31(15-16-35-3)24(28)26(33)30-20-8-6-5-7-17(20)2/h9-14,17,20-24H,4-8,15-16H2,1-3H3,(H,29,32)(H,30,33)/t17-,20-,21-,22+,23-,24-,28-/m0/s1. The van der Waals surface area contributed by atoms with Crippen LogP contribution in [0, 0.1) is 17.8 Å². The fourth-order valence-corrected chi connectivity index (χ4v) is 6.52. The van der Waals surface area contributed by atoms with E-state index in [9.17, 15) is 14.4 Å². The number of rotatable bonds is 9. The fourth-order valence-electron chi connectivity index (χ4n) is 6.52. The minimum Gasteiger partial charge on any atom is -0.494 e. The first kappa shape index (κ1) is 25.7. The van der Waals surface area contributed by atoms with Crippen LogP contribution in [0.1, 0.15) is 39.5 Å². The molecular formula is C28H37N3O6. The zero-order chi connectivity index (χ0) is 26.2. The highest BCUT2D eigenvalue weighted by Crippen LogP contribution is 2.55. The van der Waals surface area contributed by atoms with Crippen molar-refractivity contribution in [2.24, 2.45) is 17.8 Å². The van der Waals surface area contributed by atoms with Gasteiger partial charge in [-0.25, -0.2) is 0 Å². The van der Waals surface area contributed by atoms with Gasteiger partial charge in [-0.2, -0.15) is 0 Å². The molecule has 0 aromatic heterocycles. The van der Waals surface area contributed by atoms with Crippen LogP contribution >= 0.6 is 0 Å². The molecule has 0 radical (unpaired) electrons. The highest BCUT2D eigenvalue weighted by Gasteiger charge is 2.72. The summed E-state index contributed by atoms with van der Waals surface area (Å²) in [6, 6.07) is 6.34. The SMILES string of the molecule is CCOc1ccc(NC(=O)[C@@H]2[C@@H]3C=C[C@]4(O3)[C@@H]2C(=O)N(CCOC)[C@H]4C(=O)N[C@H]2CCCC[C@@H]2C)cc1. The van der Waals surface area contributed by atoms with E-state index >= 15 is 0 Å². The molecule has 200 valence electrons. The largest absolute Gasteiger partial charge is 0.494 e. The van der Waals surface area contributed by atoms with E-state index in [0.717, 1.165) is 19.3 Å². The number of amides is 3. The van der Waals surface area contributed by atoms with Gasteiger partial charge in [0.05, 0.1) is 31.2 Å². The molecule has 2 N–H and O–H groups in total. The van der Waals surface area contributed by atoms with Crippen LogP contribution in [0.3, 0.4) is 0 Å². The van der Waals surface area contributed by atoms with Crippen molar-refractivity contribution in [2.45, 2.75) is 63.3 Å². The molecule has 1 saturated carbocycles. The van der Waals surface area contributed by atoms with E-state index in [0.29, 0.717) is 24.0 Å². The van der Waals surface area contributed by atoms with Crippen molar-refractivity contribution in [3.05, 3.63) is 36.4 Å². The third-order valence-corrected chi connectivity index (χ3v) is 8.33. The Morgan fingerprint density at radius 3 is 2.62 bits per heavy atom. The van der Waals surface area contributed by atoms with Gasteiger partial charge in [0.2, 0.25) is 17.7 Å². The molecule has 1 aromatic rings. The Hall–Kier alpha value is -2.91. The van der Waals surface area contributed by atoms with Crippen LogP contribution < -0.4 is 15.4 Å². The number of nitrogens with one attached hydrogen (secondary N) is 2. The van der Waals surface area contributed by atoms with Crippen LogP contribution in [0.25, 0.3) is 0 Å². The second-order valence-corrected chi connectivity index (χ2v) is 10.5. The quantitative estimate of drug-likeness (QED) is 0.494. The van der Waals surface area contributed by atoms with Gasteiger partial charge in [0.25, 0.3) is 0 Å². The predicted octanol–water partition coefficient (Wildman–Crippen LogP) is 2.52. The maximum atomic E-state index is 13.8. The van der Waals surface area contributed by atoms with Gasteiger partial charge in [0, 0.05) is 25.4 Å². The van der Waals surface area contributed by atoms with Crippen molar-refractivity contribution in [2.75, 3.05) is 32.2 Å². The van der Waals surface area contributed by atoms with Crippen LogP contribution in [0.2, 0.25) is 0 Å². The lowest BCUT2D eigenvalue weighted by Gasteiger charge is -2.35. The Morgan fingerprint density at radius 2 is 1.92 bits per heavy atom. The molecule has 9 heteroatoms. The third kappa shape index (κ3) is 4.52. The van der Waals surface area contributed by atoms with Crippen LogP contribution in [0.15, 0.2) is 36.4 Å². The first-order valence-electron chi connectivity index (χ1n) is 13.4. The van der Waals surface area contributed by atoms with Crippen molar-refractivity contribution in [1.29, 1.82) is 0 Å². The molecule has 2 saturated heterocycles. The van der Waals surface area contributed by atoms with E-state index in [4.69, 9.17) is 14.2 Å². The number of likely N-dealkylation sites (tertiary alicyclic amines) is 1. The first-order chi connectivity index (χ1) is 17.9. The van der Waals surface area contributed by atoms with Gasteiger partial charge in [-0.1, -0.05) is 31.9 Å². The molecule has 7 atom stereocenters. The fraction of sp³-hybridized carbons (Fsp3) is 0.607. The maximum Gasteiger partial charge on any atom is 0.246 e. The van der Waals surface area contributed by atoms with E-state index in [-0.39, 0.29) is 36.9 Å². The van der Waals surface area contributed by atoms with E-state index < -0.39 is 29.6 Å².